The van der Waals surface area contributed by atoms with Gasteiger partial charge < -0.3 is 15.2 Å². The third kappa shape index (κ3) is 6.07. The Kier molecular flexibility index (Phi) is 6.39. The first-order chi connectivity index (χ1) is 9.92. The number of nitrogens with one attached hydrogen (secondary N) is 1. The van der Waals surface area contributed by atoms with Gasteiger partial charge in [-0.3, -0.25) is 9.59 Å². The topological polar surface area (TPSA) is 92.7 Å². The first kappa shape index (κ1) is 16.7. The lowest BCUT2D eigenvalue weighted by molar-refractivity contribution is -0.138. The number of carboxylic acid groups (broad SMARTS) is 1. The van der Waals surface area contributed by atoms with Crippen molar-refractivity contribution < 1.29 is 24.2 Å². The molecule has 1 rings (SSSR count). The molecule has 21 heavy (non-hydrogen) atoms. The number of benzene rings is 1. The molecule has 6 heteroatoms. The third-order valence-corrected chi connectivity index (χ3v) is 2.71. The Hall–Kier alpha value is -2.37. The Morgan fingerprint density at radius 1 is 1.29 bits per heavy atom. The van der Waals surface area contributed by atoms with E-state index in [1.807, 2.05) is 0 Å². The highest BCUT2D eigenvalue weighted by Crippen LogP contribution is 2.14. The van der Waals surface area contributed by atoms with Crippen LogP contribution < -0.4 is 5.32 Å². The second kappa shape index (κ2) is 8.04. The number of aliphatic carboxylic acids is 1. The van der Waals surface area contributed by atoms with Crippen LogP contribution in [0.3, 0.4) is 0 Å². The lowest BCUT2D eigenvalue weighted by atomic mass is 10.0. The maximum atomic E-state index is 11.8. The van der Waals surface area contributed by atoms with Crippen LogP contribution in [-0.4, -0.2) is 29.6 Å². The van der Waals surface area contributed by atoms with Crippen LogP contribution in [0.5, 0.6) is 0 Å². The second-order valence-electron chi connectivity index (χ2n) is 4.76. The molecular weight excluding hydrogens is 274 g/mol. The molecule has 1 aromatic rings. The van der Waals surface area contributed by atoms with E-state index < -0.39 is 11.9 Å². The van der Waals surface area contributed by atoms with Crippen LogP contribution in [0.15, 0.2) is 24.3 Å². The van der Waals surface area contributed by atoms with Gasteiger partial charge in [-0.05, 0) is 31.0 Å². The quantitative estimate of drug-likeness (QED) is 0.752. The zero-order valence-corrected chi connectivity index (χ0v) is 12.1. The minimum atomic E-state index is -0.931. The van der Waals surface area contributed by atoms with Crippen molar-refractivity contribution in [2.45, 2.75) is 26.7 Å². The predicted octanol–water partition coefficient (Wildman–Crippen LogP) is 2.30. The van der Waals surface area contributed by atoms with Crippen molar-refractivity contribution in [3.05, 3.63) is 29.8 Å². The van der Waals surface area contributed by atoms with E-state index in [9.17, 15) is 14.4 Å². The van der Waals surface area contributed by atoms with Crippen LogP contribution in [0.25, 0.3) is 0 Å². The average Bonchev–Trinajstić information content (AvgIpc) is 2.37. The van der Waals surface area contributed by atoms with Crippen molar-refractivity contribution in [3.8, 4) is 0 Å². The largest absolute Gasteiger partial charge is 0.481 e. The SMILES string of the molecule is CCOC(=O)c1cccc(NC(=O)CC(C)CC(=O)O)c1. The molecule has 6 nitrogen and oxygen atoms in total. The van der Waals surface area contributed by atoms with Crippen molar-refractivity contribution in [3.63, 3.8) is 0 Å². The number of rotatable bonds is 7. The van der Waals surface area contributed by atoms with Gasteiger partial charge in [0.1, 0.15) is 0 Å². The van der Waals surface area contributed by atoms with Crippen LogP contribution in [0.2, 0.25) is 0 Å². The van der Waals surface area contributed by atoms with E-state index in [4.69, 9.17) is 9.84 Å². The molecular formula is C15H19NO5. The molecule has 1 aromatic carbocycles. The van der Waals surface area contributed by atoms with Gasteiger partial charge in [-0.25, -0.2) is 4.79 Å². The van der Waals surface area contributed by atoms with Crippen molar-refractivity contribution >= 4 is 23.5 Å². The van der Waals surface area contributed by atoms with Gasteiger partial charge in [-0.1, -0.05) is 13.0 Å². The second-order valence-corrected chi connectivity index (χ2v) is 4.76. The van der Waals surface area contributed by atoms with E-state index in [2.05, 4.69) is 5.32 Å². The maximum Gasteiger partial charge on any atom is 0.338 e. The number of ether oxygens (including phenoxy) is 1. The molecule has 114 valence electrons. The van der Waals surface area contributed by atoms with Crippen LogP contribution in [0.4, 0.5) is 5.69 Å². The van der Waals surface area contributed by atoms with Crippen molar-refractivity contribution in [1.29, 1.82) is 0 Å². The fourth-order valence-electron chi connectivity index (χ4n) is 1.84. The average molecular weight is 293 g/mol. The standard InChI is InChI=1S/C15H19NO5/c1-3-21-15(20)11-5-4-6-12(9-11)16-13(17)7-10(2)8-14(18)19/h4-6,9-10H,3,7-8H2,1-2H3,(H,16,17)(H,18,19). The predicted molar refractivity (Wildman–Crippen MR) is 77.1 cm³/mol. The van der Waals surface area contributed by atoms with Crippen LogP contribution in [-0.2, 0) is 14.3 Å². The van der Waals surface area contributed by atoms with Gasteiger partial charge in [0.25, 0.3) is 0 Å². The van der Waals surface area contributed by atoms with Gasteiger partial charge >= 0.3 is 11.9 Å². The molecule has 1 unspecified atom stereocenters. The summed E-state index contributed by atoms with van der Waals surface area (Å²) in [4.78, 5) is 33.9. The smallest absolute Gasteiger partial charge is 0.338 e. The van der Waals surface area contributed by atoms with E-state index in [-0.39, 0.29) is 31.3 Å². The number of hydrogen-bond acceptors (Lipinski definition) is 4. The number of esters is 1. The van der Waals surface area contributed by atoms with Gasteiger partial charge in [0.2, 0.25) is 5.91 Å². The molecule has 0 aliphatic heterocycles. The fourth-order valence-corrected chi connectivity index (χ4v) is 1.84. The molecule has 0 aromatic heterocycles. The molecule has 0 aliphatic rings. The van der Waals surface area contributed by atoms with Crippen molar-refractivity contribution in [2.24, 2.45) is 5.92 Å². The Morgan fingerprint density at radius 3 is 2.62 bits per heavy atom. The summed E-state index contributed by atoms with van der Waals surface area (Å²) < 4.78 is 4.88. The molecule has 0 aliphatic carbocycles. The summed E-state index contributed by atoms with van der Waals surface area (Å²) in [5.41, 5.74) is 0.835. The molecule has 0 saturated carbocycles. The Bertz CT molecular complexity index is 527. The maximum absolute atomic E-state index is 11.8. The third-order valence-electron chi connectivity index (χ3n) is 2.71. The highest BCUT2D eigenvalue weighted by molar-refractivity contribution is 5.94. The molecule has 0 heterocycles. The first-order valence-corrected chi connectivity index (χ1v) is 6.71. The van der Waals surface area contributed by atoms with E-state index in [0.717, 1.165) is 0 Å². The van der Waals surface area contributed by atoms with Gasteiger partial charge in [-0.15, -0.1) is 0 Å². The number of amides is 1. The lowest BCUT2D eigenvalue weighted by Gasteiger charge is -2.10. The van der Waals surface area contributed by atoms with Gasteiger partial charge in [0.05, 0.1) is 12.2 Å². The van der Waals surface area contributed by atoms with Gasteiger partial charge in [0, 0.05) is 18.5 Å². The molecule has 0 fully saturated rings. The monoisotopic (exact) mass is 293 g/mol. The summed E-state index contributed by atoms with van der Waals surface area (Å²) >= 11 is 0. The van der Waals surface area contributed by atoms with E-state index >= 15 is 0 Å². The van der Waals surface area contributed by atoms with E-state index in [0.29, 0.717) is 11.3 Å². The highest BCUT2D eigenvalue weighted by atomic mass is 16.5. The molecule has 2 N–H and O–H groups in total. The van der Waals surface area contributed by atoms with Gasteiger partial charge in [-0.2, -0.15) is 0 Å². The lowest BCUT2D eigenvalue weighted by Crippen LogP contribution is -2.17. The fraction of sp³-hybridized carbons (Fsp3) is 0.400. The van der Waals surface area contributed by atoms with Gasteiger partial charge in [0.15, 0.2) is 0 Å². The summed E-state index contributed by atoms with van der Waals surface area (Å²) in [5, 5.41) is 11.3. The summed E-state index contributed by atoms with van der Waals surface area (Å²) in [6, 6.07) is 6.42. The van der Waals surface area contributed by atoms with Crippen LogP contribution in [0.1, 0.15) is 37.0 Å². The number of anilines is 1. The minimum absolute atomic E-state index is 0.0592. The van der Waals surface area contributed by atoms with Crippen LogP contribution >= 0.6 is 0 Å². The molecule has 0 radical (unpaired) electrons. The number of carbonyl (C=O) groups is 3. The first-order valence-electron chi connectivity index (χ1n) is 6.71. The van der Waals surface area contributed by atoms with Crippen molar-refractivity contribution in [1.82, 2.24) is 0 Å². The highest BCUT2D eigenvalue weighted by Gasteiger charge is 2.13. The number of hydrogen-bond donors (Lipinski definition) is 2. The van der Waals surface area contributed by atoms with Crippen LogP contribution in [0, 0.1) is 5.92 Å². The normalized spacial score (nSPS) is 11.5. The minimum Gasteiger partial charge on any atom is -0.481 e. The Morgan fingerprint density at radius 2 is 2.00 bits per heavy atom. The summed E-state index contributed by atoms with van der Waals surface area (Å²) in [5.74, 6) is -1.92. The molecule has 1 amide bonds. The summed E-state index contributed by atoms with van der Waals surface area (Å²) in [6.45, 7) is 3.69. The Labute approximate surface area is 123 Å². The Balaban J connectivity index is 2.62. The molecule has 0 bridgehead atoms. The summed E-state index contributed by atoms with van der Waals surface area (Å²) in [6.07, 6.45) is 0.0478. The molecule has 0 spiro atoms. The molecule has 1 atom stereocenters. The van der Waals surface area contributed by atoms with Crippen molar-refractivity contribution in [2.75, 3.05) is 11.9 Å². The zero-order chi connectivity index (χ0) is 15.8. The zero-order valence-electron chi connectivity index (χ0n) is 12.1. The van der Waals surface area contributed by atoms with E-state index in [1.165, 1.54) is 6.07 Å². The number of carbonyl (C=O) groups excluding carboxylic acids is 2. The summed E-state index contributed by atoms with van der Waals surface area (Å²) in [7, 11) is 0. The van der Waals surface area contributed by atoms with E-state index in [1.54, 1.807) is 32.0 Å². The number of carboxylic acids is 1. The molecule has 0 saturated heterocycles.